The molecule has 0 heterocycles. The molecule has 6 rings (SSSR count). The Hall–Kier alpha value is -3.40. The molecule has 3 heteroatoms. The van der Waals surface area contributed by atoms with E-state index < -0.39 is 11.2 Å². The predicted octanol–water partition coefficient (Wildman–Crippen LogP) is 7.78. The molecule has 0 amide bonds. The molecular weight excluding hydrogens is 463 g/mol. The second-order valence-electron chi connectivity index (χ2n) is 12.2. The average Bonchev–Trinajstić information content (AvgIpc) is 3.14. The lowest BCUT2D eigenvalue weighted by atomic mass is 9.78. The van der Waals surface area contributed by atoms with Crippen LogP contribution in [0.1, 0.15) is 52.7 Å². The largest absolute Gasteiger partial charge is 0.427 e. The molecule has 1 aliphatic rings. The van der Waals surface area contributed by atoms with Crippen LogP contribution in [0.2, 0.25) is 0 Å². The molecule has 0 aromatic heterocycles. The van der Waals surface area contributed by atoms with Crippen molar-refractivity contribution < 1.29 is 9.76 Å². The third-order valence-corrected chi connectivity index (χ3v) is 8.73. The van der Waals surface area contributed by atoms with Crippen LogP contribution in [0.3, 0.4) is 0 Å². The van der Waals surface area contributed by atoms with E-state index in [-0.39, 0.29) is 5.41 Å². The number of hydrogen-bond donors (Lipinski definition) is 1. The molecule has 189 valence electrons. The molecule has 0 aliphatic heterocycles. The summed E-state index contributed by atoms with van der Waals surface area (Å²) in [5, 5.41) is 15.7. The molecule has 5 aromatic carbocycles. The summed E-state index contributed by atoms with van der Waals surface area (Å²) in [5.74, 6) is 0. The Morgan fingerprint density at radius 1 is 0.684 bits per heavy atom. The third-order valence-electron chi connectivity index (χ3n) is 8.73. The van der Waals surface area contributed by atoms with Crippen LogP contribution < -0.4 is 5.46 Å². The monoisotopic (exact) mass is 497 g/mol. The van der Waals surface area contributed by atoms with E-state index in [2.05, 4.69) is 105 Å². The van der Waals surface area contributed by atoms with Crippen molar-refractivity contribution in [2.45, 2.75) is 58.2 Å². The first-order valence-corrected chi connectivity index (χ1v) is 13.4. The maximum absolute atomic E-state index is 10.4. The minimum Gasteiger partial charge on any atom is -0.427 e. The van der Waals surface area contributed by atoms with Gasteiger partial charge in [0.15, 0.2) is 0 Å². The maximum Gasteiger partial charge on any atom is 0.330 e. The van der Waals surface area contributed by atoms with Crippen LogP contribution in [-0.2, 0) is 10.1 Å². The van der Waals surface area contributed by atoms with Gasteiger partial charge in [-0.3, -0.25) is 0 Å². The summed E-state index contributed by atoms with van der Waals surface area (Å²) in [7, 11) is 1.74. The first-order valence-electron chi connectivity index (χ1n) is 13.4. The topological polar surface area (TPSA) is 29.5 Å². The second kappa shape index (κ2) is 8.56. The Bertz CT molecular complexity index is 1690. The molecule has 0 atom stereocenters. The van der Waals surface area contributed by atoms with Gasteiger partial charge in [0.1, 0.15) is 0 Å². The molecule has 0 saturated carbocycles. The van der Waals surface area contributed by atoms with Crippen molar-refractivity contribution in [2.24, 2.45) is 0 Å². The van der Waals surface area contributed by atoms with Crippen LogP contribution in [0.5, 0.6) is 0 Å². The van der Waals surface area contributed by atoms with Gasteiger partial charge in [0.2, 0.25) is 0 Å². The Morgan fingerprint density at radius 3 is 1.87 bits per heavy atom. The van der Waals surface area contributed by atoms with E-state index in [1.807, 2.05) is 13.8 Å². The number of fused-ring (bicyclic) bond motifs is 8. The molecule has 5 aromatic rings. The van der Waals surface area contributed by atoms with Gasteiger partial charge < -0.3 is 9.76 Å². The fraction of sp³-hybridized carbons (Fsp3) is 0.257. The summed E-state index contributed by atoms with van der Waals surface area (Å²) in [6, 6.07) is 33.1. The molecule has 0 unspecified atom stereocenters. The van der Waals surface area contributed by atoms with Gasteiger partial charge in [-0.25, -0.2) is 0 Å². The molecular formula is C35H34BO2. The molecule has 2 nitrogen and oxygen atoms in total. The van der Waals surface area contributed by atoms with Crippen molar-refractivity contribution in [2.75, 3.05) is 0 Å². The van der Waals surface area contributed by atoms with E-state index in [0.717, 1.165) is 5.46 Å². The standard InChI is InChI=1S/C35H34BO2/c1-33(2)30-21-23(22-15-18-24(19-16-22)36-38-35(5,6)34(3,4)37)17-20-29(30)31-27-13-9-7-11-25(27)26-12-8-10-14-28(26)32(31)33/h7-21,37H,1-6H3. The lowest BCUT2D eigenvalue weighted by Gasteiger charge is -2.37. The minimum absolute atomic E-state index is 0.117. The average molecular weight is 497 g/mol. The van der Waals surface area contributed by atoms with Crippen LogP contribution in [0.25, 0.3) is 43.8 Å². The van der Waals surface area contributed by atoms with Gasteiger partial charge in [-0.2, -0.15) is 0 Å². The fourth-order valence-electron chi connectivity index (χ4n) is 5.78. The highest BCUT2D eigenvalue weighted by Gasteiger charge is 2.38. The summed E-state index contributed by atoms with van der Waals surface area (Å²) in [5.41, 5.74) is 7.11. The summed E-state index contributed by atoms with van der Waals surface area (Å²) in [6.07, 6.45) is 0. The van der Waals surface area contributed by atoms with Gasteiger partial charge in [0, 0.05) is 5.41 Å². The number of rotatable bonds is 5. The van der Waals surface area contributed by atoms with Gasteiger partial charge >= 0.3 is 7.48 Å². The molecule has 0 bridgehead atoms. The van der Waals surface area contributed by atoms with E-state index >= 15 is 0 Å². The zero-order valence-electron chi connectivity index (χ0n) is 23.1. The smallest absolute Gasteiger partial charge is 0.330 e. The lowest BCUT2D eigenvalue weighted by molar-refractivity contribution is -0.0893. The highest BCUT2D eigenvalue weighted by Crippen LogP contribution is 2.55. The van der Waals surface area contributed by atoms with Crippen LogP contribution in [0, 0.1) is 0 Å². The van der Waals surface area contributed by atoms with Crippen molar-refractivity contribution in [3.05, 3.63) is 102 Å². The number of benzene rings is 5. The van der Waals surface area contributed by atoms with Gasteiger partial charge in [-0.15, -0.1) is 0 Å². The molecule has 1 radical (unpaired) electrons. The first kappa shape index (κ1) is 24.9. The van der Waals surface area contributed by atoms with Gasteiger partial charge in [0.05, 0.1) is 11.2 Å². The van der Waals surface area contributed by atoms with Gasteiger partial charge in [-0.1, -0.05) is 104 Å². The summed E-state index contributed by atoms with van der Waals surface area (Å²) >= 11 is 0. The molecule has 1 N–H and O–H groups in total. The summed E-state index contributed by atoms with van der Waals surface area (Å²) in [4.78, 5) is 0. The SMILES string of the molecule is CC1(C)c2cc(-c3ccc([B]OC(C)(C)C(C)(C)O)cc3)ccc2-c2c1c1ccccc1c1ccccc21. The number of hydrogen-bond acceptors (Lipinski definition) is 2. The lowest BCUT2D eigenvalue weighted by Crippen LogP contribution is -2.49. The highest BCUT2D eigenvalue weighted by molar-refractivity contribution is 6.47. The van der Waals surface area contributed by atoms with Crippen molar-refractivity contribution in [3.63, 3.8) is 0 Å². The van der Waals surface area contributed by atoms with Crippen molar-refractivity contribution >= 4 is 34.5 Å². The zero-order valence-corrected chi connectivity index (χ0v) is 23.1. The van der Waals surface area contributed by atoms with Crippen LogP contribution >= 0.6 is 0 Å². The van der Waals surface area contributed by atoms with Crippen molar-refractivity contribution in [3.8, 4) is 22.3 Å². The van der Waals surface area contributed by atoms with E-state index in [1.54, 1.807) is 21.3 Å². The molecule has 0 fully saturated rings. The van der Waals surface area contributed by atoms with Crippen molar-refractivity contribution in [1.82, 2.24) is 0 Å². The second-order valence-corrected chi connectivity index (χ2v) is 12.2. The highest BCUT2D eigenvalue weighted by atomic mass is 16.5. The third kappa shape index (κ3) is 3.80. The van der Waals surface area contributed by atoms with Crippen LogP contribution in [-0.4, -0.2) is 23.8 Å². The van der Waals surface area contributed by atoms with Gasteiger partial charge in [-0.05, 0) is 88.7 Å². The summed E-state index contributed by atoms with van der Waals surface area (Å²) < 4.78 is 5.94. The molecule has 0 spiro atoms. The minimum atomic E-state index is -0.950. The first-order chi connectivity index (χ1) is 18.0. The zero-order chi connectivity index (χ0) is 26.9. The van der Waals surface area contributed by atoms with E-state index in [0.29, 0.717) is 0 Å². The van der Waals surface area contributed by atoms with Crippen molar-refractivity contribution in [1.29, 1.82) is 0 Å². The van der Waals surface area contributed by atoms with E-state index in [9.17, 15) is 5.11 Å². The normalized spacial score (nSPS) is 14.5. The van der Waals surface area contributed by atoms with Crippen LogP contribution in [0.4, 0.5) is 0 Å². The number of aliphatic hydroxyl groups is 1. The summed E-state index contributed by atoms with van der Waals surface area (Å²) in [6.45, 7) is 12.1. The molecule has 0 saturated heterocycles. The quantitative estimate of drug-likeness (QED) is 0.199. The fourth-order valence-corrected chi connectivity index (χ4v) is 5.78. The Kier molecular flexibility index (Phi) is 5.61. The van der Waals surface area contributed by atoms with E-state index in [1.165, 1.54) is 54.9 Å². The van der Waals surface area contributed by atoms with Crippen LogP contribution in [0.15, 0.2) is 91.0 Å². The Balaban J connectivity index is 1.40. The van der Waals surface area contributed by atoms with Gasteiger partial charge in [0.25, 0.3) is 0 Å². The van der Waals surface area contributed by atoms with E-state index in [4.69, 9.17) is 4.65 Å². The Labute approximate surface area is 226 Å². The predicted molar refractivity (Wildman–Crippen MR) is 161 cm³/mol. The molecule has 38 heavy (non-hydrogen) atoms. The molecule has 1 aliphatic carbocycles. The Morgan fingerprint density at radius 2 is 1.24 bits per heavy atom. The maximum atomic E-state index is 10.4.